The van der Waals surface area contributed by atoms with Gasteiger partial charge in [-0.3, -0.25) is 4.79 Å². The summed E-state index contributed by atoms with van der Waals surface area (Å²) < 4.78 is 5.04. The molecule has 0 radical (unpaired) electrons. The molecule has 23 heavy (non-hydrogen) atoms. The van der Waals surface area contributed by atoms with Crippen molar-refractivity contribution in [3.63, 3.8) is 0 Å². The number of esters is 1. The van der Waals surface area contributed by atoms with Gasteiger partial charge in [-0.1, -0.05) is 50.1 Å². The highest BCUT2D eigenvalue weighted by atomic mass is 16.5. The molecule has 0 unspecified atom stereocenters. The number of hydrogen-bond acceptors (Lipinski definition) is 3. The van der Waals surface area contributed by atoms with Crippen LogP contribution in [0.5, 0.6) is 5.75 Å². The van der Waals surface area contributed by atoms with Gasteiger partial charge in [-0.25, -0.2) is 0 Å². The fourth-order valence-corrected chi connectivity index (χ4v) is 2.48. The van der Waals surface area contributed by atoms with Crippen molar-refractivity contribution in [2.45, 2.75) is 39.5 Å². The fourth-order valence-electron chi connectivity index (χ4n) is 2.48. The first kappa shape index (κ1) is 16.8. The quantitative estimate of drug-likeness (QED) is 0.434. The van der Waals surface area contributed by atoms with Crippen molar-refractivity contribution < 1.29 is 9.53 Å². The minimum absolute atomic E-state index is 0.305. The number of unbranched alkanes of at least 4 members (excludes halogenated alkanes) is 2. The first-order valence-corrected chi connectivity index (χ1v) is 7.96. The molecule has 0 saturated heterocycles. The third-order valence-electron chi connectivity index (χ3n) is 3.71. The molecule has 118 valence electrons. The molecule has 3 nitrogen and oxygen atoms in total. The third kappa shape index (κ3) is 4.69. The van der Waals surface area contributed by atoms with Crippen molar-refractivity contribution in [3.05, 3.63) is 53.6 Å². The fraction of sp³-hybridized carbons (Fsp3) is 0.300. The summed E-state index contributed by atoms with van der Waals surface area (Å²) in [5.41, 5.74) is 3.69. The first-order valence-electron chi connectivity index (χ1n) is 7.96. The van der Waals surface area contributed by atoms with Crippen LogP contribution in [0.2, 0.25) is 0 Å². The van der Waals surface area contributed by atoms with Crippen LogP contribution in [0.4, 0.5) is 0 Å². The number of carbonyl (C=O) groups excluding carboxylic acids is 1. The number of rotatable bonds is 6. The van der Waals surface area contributed by atoms with E-state index in [0.29, 0.717) is 11.3 Å². The van der Waals surface area contributed by atoms with Crippen molar-refractivity contribution in [3.8, 4) is 22.9 Å². The summed E-state index contributed by atoms with van der Waals surface area (Å²) in [4.78, 5) is 11.1. The summed E-state index contributed by atoms with van der Waals surface area (Å²) in [6, 6.07) is 15.8. The van der Waals surface area contributed by atoms with E-state index in [0.717, 1.165) is 17.5 Å². The molecule has 0 fully saturated rings. The summed E-state index contributed by atoms with van der Waals surface area (Å²) in [6.45, 7) is 3.53. The second kappa shape index (κ2) is 8.14. The molecule has 2 aromatic rings. The van der Waals surface area contributed by atoms with Crippen LogP contribution in [0.15, 0.2) is 42.5 Å². The van der Waals surface area contributed by atoms with E-state index in [1.807, 2.05) is 6.07 Å². The zero-order valence-electron chi connectivity index (χ0n) is 13.6. The standard InChI is InChI=1S/C20H21NO2/c1-3-4-5-6-16-7-9-17(10-8-16)18-11-12-20(23-15(2)22)19(13-18)14-21/h7-13H,3-6H2,1-2H3. The van der Waals surface area contributed by atoms with Gasteiger partial charge in [-0.15, -0.1) is 0 Å². The summed E-state index contributed by atoms with van der Waals surface area (Å²) >= 11 is 0. The molecule has 3 heteroatoms. The van der Waals surface area contributed by atoms with E-state index in [-0.39, 0.29) is 0 Å². The lowest BCUT2D eigenvalue weighted by Crippen LogP contribution is -2.03. The van der Waals surface area contributed by atoms with Gasteiger partial charge in [0.2, 0.25) is 0 Å². The minimum Gasteiger partial charge on any atom is -0.425 e. The van der Waals surface area contributed by atoms with E-state index in [1.165, 1.54) is 31.7 Å². The Bertz CT molecular complexity index is 711. The molecule has 0 aliphatic carbocycles. The molecule has 0 N–H and O–H groups in total. The van der Waals surface area contributed by atoms with E-state index in [4.69, 9.17) is 4.74 Å². The maximum absolute atomic E-state index is 11.1. The second-order valence-electron chi connectivity index (χ2n) is 5.57. The summed E-state index contributed by atoms with van der Waals surface area (Å²) in [6.07, 6.45) is 4.79. The Morgan fingerprint density at radius 1 is 1.09 bits per heavy atom. The molecule has 0 saturated carbocycles. The molecule has 0 aromatic heterocycles. The monoisotopic (exact) mass is 307 g/mol. The summed E-state index contributed by atoms with van der Waals surface area (Å²) in [7, 11) is 0. The van der Waals surface area contributed by atoms with Gasteiger partial charge < -0.3 is 4.74 Å². The van der Waals surface area contributed by atoms with Crippen LogP contribution in [-0.4, -0.2) is 5.97 Å². The molecule has 2 aromatic carbocycles. The number of aryl methyl sites for hydroxylation is 1. The van der Waals surface area contributed by atoms with Crippen LogP contribution in [0.25, 0.3) is 11.1 Å². The number of nitriles is 1. The second-order valence-corrected chi connectivity index (χ2v) is 5.57. The highest BCUT2D eigenvalue weighted by Crippen LogP contribution is 2.27. The predicted molar refractivity (Wildman–Crippen MR) is 91.1 cm³/mol. The minimum atomic E-state index is -0.425. The van der Waals surface area contributed by atoms with E-state index in [9.17, 15) is 10.1 Å². The van der Waals surface area contributed by atoms with Crippen LogP contribution in [0, 0.1) is 11.3 Å². The largest absolute Gasteiger partial charge is 0.425 e. The zero-order chi connectivity index (χ0) is 16.7. The Balaban J connectivity index is 2.18. The van der Waals surface area contributed by atoms with Crippen molar-refractivity contribution in [2.24, 2.45) is 0 Å². The molecule has 0 atom stereocenters. The molecule has 0 aliphatic heterocycles. The number of hydrogen-bond donors (Lipinski definition) is 0. The molecule has 0 bridgehead atoms. The third-order valence-corrected chi connectivity index (χ3v) is 3.71. The maximum atomic E-state index is 11.1. The average Bonchev–Trinajstić information content (AvgIpc) is 2.56. The van der Waals surface area contributed by atoms with Crippen molar-refractivity contribution in [1.29, 1.82) is 5.26 Å². The molecular formula is C20H21NO2. The topological polar surface area (TPSA) is 50.1 Å². The van der Waals surface area contributed by atoms with Gasteiger partial charge in [-0.2, -0.15) is 5.26 Å². The van der Waals surface area contributed by atoms with Gasteiger partial charge in [0.15, 0.2) is 0 Å². The average molecular weight is 307 g/mol. The molecular weight excluding hydrogens is 286 g/mol. The Hall–Kier alpha value is -2.60. The smallest absolute Gasteiger partial charge is 0.308 e. The molecule has 0 heterocycles. The van der Waals surface area contributed by atoms with E-state index in [2.05, 4.69) is 37.3 Å². The number of benzene rings is 2. The van der Waals surface area contributed by atoms with Crippen LogP contribution >= 0.6 is 0 Å². The zero-order valence-corrected chi connectivity index (χ0v) is 13.6. The van der Waals surface area contributed by atoms with E-state index < -0.39 is 5.97 Å². The predicted octanol–water partition coefficient (Wildman–Crippen LogP) is 4.88. The summed E-state index contributed by atoms with van der Waals surface area (Å²) in [5.74, 6) is -0.120. The maximum Gasteiger partial charge on any atom is 0.308 e. The normalized spacial score (nSPS) is 10.1. The SMILES string of the molecule is CCCCCc1ccc(-c2ccc(OC(C)=O)c(C#N)c2)cc1. The van der Waals surface area contributed by atoms with Crippen molar-refractivity contribution in [1.82, 2.24) is 0 Å². The van der Waals surface area contributed by atoms with E-state index in [1.54, 1.807) is 12.1 Å². The van der Waals surface area contributed by atoms with Crippen LogP contribution in [-0.2, 0) is 11.2 Å². The highest BCUT2D eigenvalue weighted by molar-refractivity contribution is 5.73. The Labute approximate surface area is 137 Å². The Morgan fingerprint density at radius 3 is 2.39 bits per heavy atom. The highest BCUT2D eigenvalue weighted by Gasteiger charge is 2.08. The van der Waals surface area contributed by atoms with Crippen molar-refractivity contribution in [2.75, 3.05) is 0 Å². The van der Waals surface area contributed by atoms with Gasteiger partial charge in [-0.05, 0) is 41.7 Å². The number of ether oxygens (including phenoxy) is 1. The van der Waals surface area contributed by atoms with Crippen molar-refractivity contribution >= 4 is 5.97 Å². The van der Waals surface area contributed by atoms with Crippen LogP contribution in [0.3, 0.4) is 0 Å². The van der Waals surface area contributed by atoms with Gasteiger partial charge in [0.05, 0.1) is 5.56 Å². The molecule has 0 spiro atoms. The lowest BCUT2D eigenvalue weighted by atomic mass is 10.00. The number of carbonyl (C=O) groups is 1. The molecule has 0 amide bonds. The lowest BCUT2D eigenvalue weighted by Gasteiger charge is -2.08. The Morgan fingerprint density at radius 2 is 1.78 bits per heavy atom. The number of nitrogens with zero attached hydrogens (tertiary/aromatic N) is 1. The Kier molecular flexibility index (Phi) is 5.94. The summed E-state index contributed by atoms with van der Waals surface area (Å²) in [5, 5.41) is 9.23. The van der Waals surface area contributed by atoms with Gasteiger partial charge in [0, 0.05) is 6.92 Å². The van der Waals surface area contributed by atoms with Crippen LogP contribution in [0.1, 0.15) is 44.2 Å². The first-order chi connectivity index (χ1) is 11.1. The van der Waals surface area contributed by atoms with E-state index >= 15 is 0 Å². The van der Waals surface area contributed by atoms with Gasteiger partial charge in [0.1, 0.15) is 11.8 Å². The lowest BCUT2D eigenvalue weighted by molar-refractivity contribution is -0.131. The van der Waals surface area contributed by atoms with Gasteiger partial charge >= 0.3 is 5.97 Å². The van der Waals surface area contributed by atoms with Gasteiger partial charge in [0.25, 0.3) is 0 Å². The van der Waals surface area contributed by atoms with Crippen LogP contribution < -0.4 is 4.74 Å². The molecule has 0 aliphatic rings. The molecule has 2 rings (SSSR count).